The Morgan fingerprint density at radius 3 is 2.61 bits per heavy atom. The van der Waals surface area contributed by atoms with Gasteiger partial charge in [-0.3, -0.25) is 9.59 Å². The van der Waals surface area contributed by atoms with E-state index in [1.165, 1.54) is 31.6 Å². The number of esters is 1. The number of pyridine rings is 1. The quantitative estimate of drug-likeness (QED) is 0.445. The fourth-order valence-corrected chi connectivity index (χ4v) is 3.11. The van der Waals surface area contributed by atoms with E-state index in [0.29, 0.717) is 15.1 Å². The number of nitrogens with zero attached hydrogens (tertiary/aromatic N) is 1. The Bertz CT molecular complexity index is 744. The largest absolute Gasteiger partial charge is 0.494 e. The van der Waals surface area contributed by atoms with Gasteiger partial charge in [-0.1, -0.05) is 6.92 Å². The smallest absolute Gasteiger partial charge is 0.481 e. The minimum Gasteiger partial charge on any atom is -0.481 e. The molecule has 0 spiro atoms. The average Bonchev–Trinajstić information content (AvgIpc) is 2.95. The number of thiophene rings is 1. The van der Waals surface area contributed by atoms with Gasteiger partial charge in [-0.05, 0) is 12.1 Å². The fraction of sp³-hybridized carbons (Fsp3) is 0.357. The molecule has 122 valence electrons. The van der Waals surface area contributed by atoms with Crippen LogP contribution in [0.4, 0.5) is 0 Å². The highest BCUT2D eigenvalue weighted by molar-refractivity contribution is 7.20. The summed E-state index contributed by atoms with van der Waals surface area (Å²) in [7, 11) is 0.930. The number of carbonyl (C=O) groups excluding carboxylic acids is 2. The van der Waals surface area contributed by atoms with E-state index >= 15 is 0 Å². The summed E-state index contributed by atoms with van der Waals surface area (Å²) in [4.78, 5) is 28.3. The minimum absolute atomic E-state index is 0.0338. The zero-order chi connectivity index (χ0) is 17.1. The van der Waals surface area contributed by atoms with Crippen LogP contribution in [-0.2, 0) is 9.53 Å². The molecule has 2 N–H and O–H groups in total. The van der Waals surface area contributed by atoms with Crippen LogP contribution in [0.3, 0.4) is 0 Å². The number of ketones is 1. The van der Waals surface area contributed by atoms with Crippen molar-refractivity contribution in [2.75, 3.05) is 14.2 Å². The van der Waals surface area contributed by atoms with Gasteiger partial charge in [-0.2, -0.15) is 0 Å². The number of hydrogen-bond acceptors (Lipinski definition) is 8. The molecule has 2 heterocycles. The number of ether oxygens (including phenoxy) is 2. The first-order chi connectivity index (χ1) is 10.9. The molecule has 0 bridgehead atoms. The molecule has 0 radical (unpaired) electrons. The van der Waals surface area contributed by atoms with Crippen LogP contribution < -0.4 is 10.2 Å². The summed E-state index contributed by atoms with van der Waals surface area (Å²) in [6.07, 6.45) is 0.0338. The Morgan fingerprint density at radius 2 is 2.04 bits per heavy atom. The molecule has 2 aromatic heterocycles. The van der Waals surface area contributed by atoms with Crippen LogP contribution >= 0.6 is 11.3 Å². The van der Waals surface area contributed by atoms with Gasteiger partial charge in [0.25, 0.3) is 0 Å². The van der Waals surface area contributed by atoms with Crippen molar-refractivity contribution in [3.63, 3.8) is 0 Å². The number of fused-ring (bicyclic) bond motifs is 1. The molecule has 0 aliphatic carbocycles. The molecule has 0 saturated heterocycles. The topological polar surface area (TPSA) is 106 Å². The average molecular weight is 337 g/mol. The first-order valence-corrected chi connectivity index (χ1v) is 7.64. The Kier molecular flexibility index (Phi) is 5.35. The second-order valence-electron chi connectivity index (χ2n) is 5.01. The summed E-state index contributed by atoms with van der Waals surface area (Å²) < 4.78 is 10.3. The zero-order valence-corrected chi connectivity index (χ0v) is 13.7. The van der Waals surface area contributed by atoms with E-state index in [1.54, 1.807) is 13.0 Å². The van der Waals surface area contributed by atoms with Crippen LogP contribution in [0.1, 0.15) is 23.0 Å². The van der Waals surface area contributed by atoms with Crippen molar-refractivity contribution in [3.8, 4) is 5.88 Å². The maximum Gasteiger partial charge on any atom is 0.494 e. The second kappa shape index (κ2) is 7.07. The molecule has 23 heavy (non-hydrogen) atoms. The molecule has 0 aromatic carbocycles. The summed E-state index contributed by atoms with van der Waals surface area (Å²) >= 11 is 1.18. The highest BCUT2D eigenvalue weighted by Crippen LogP contribution is 2.27. The van der Waals surface area contributed by atoms with Crippen molar-refractivity contribution < 1.29 is 29.1 Å². The number of carbonyl (C=O) groups is 2. The third kappa shape index (κ3) is 3.69. The van der Waals surface area contributed by atoms with Gasteiger partial charge in [0.05, 0.1) is 35.2 Å². The molecule has 0 aliphatic heterocycles. The Labute approximate surface area is 137 Å². The predicted molar refractivity (Wildman–Crippen MR) is 86.1 cm³/mol. The standard InChI is InChI=1S/C14H16BNO6S/c1-7(14(18)22-3)4-10(17)12-6-9-11(23-12)5-8(15(19)20)13(16-9)21-2/h5-7,19-20H,4H2,1-3H3. The number of methoxy groups -OCH3 is 2. The third-order valence-corrected chi connectivity index (χ3v) is 4.45. The molecule has 0 amide bonds. The SMILES string of the molecule is COC(=O)C(C)CC(=O)c1cc2nc(OC)c(B(O)O)cc2s1. The van der Waals surface area contributed by atoms with E-state index in [9.17, 15) is 19.6 Å². The summed E-state index contributed by atoms with van der Waals surface area (Å²) in [6, 6.07) is 3.12. The van der Waals surface area contributed by atoms with Crippen molar-refractivity contribution in [2.45, 2.75) is 13.3 Å². The van der Waals surface area contributed by atoms with E-state index in [-0.39, 0.29) is 23.5 Å². The lowest BCUT2D eigenvalue weighted by molar-refractivity contribution is -0.144. The predicted octanol–water partition coefficient (Wildman–Crippen LogP) is 0.367. The number of aromatic nitrogens is 1. The molecule has 7 nitrogen and oxygen atoms in total. The molecule has 2 aromatic rings. The van der Waals surface area contributed by atoms with E-state index < -0.39 is 19.0 Å². The van der Waals surface area contributed by atoms with E-state index in [4.69, 9.17) is 4.74 Å². The van der Waals surface area contributed by atoms with E-state index in [1.807, 2.05) is 0 Å². The van der Waals surface area contributed by atoms with Gasteiger partial charge in [0.1, 0.15) is 0 Å². The first kappa shape index (κ1) is 17.4. The molecule has 0 aliphatic rings. The molecule has 0 fully saturated rings. The monoisotopic (exact) mass is 337 g/mol. The normalized spacial score (nSPS) is 12.0. The molecule has 2 rings (SSSR count). The lowest BCUT2D eigenvalue weighted by atomic mass is 9.81. The summed E-state index contributed by atoms with van der Waals surface area (Å²) in [5.41, 5.74) is 0.647. The molecule has 9 heteroatoms. The van der Waals surface area contributed by atoms with E-state index in [2.05, 4.69) is 9.72 Å². The van der Waals surface area contributed by atoms with Gasteiger partial charge >= 0.3 is 13.1 Å². The van der Waals surface area contributed by atoms with Crippen molar-refractivity contribution in [1.29, 1.82) is 0 Å². The number of Topliss-reactive ketones (excluding diaryl/α,β-unsaturated/α-hetero) is 1. The maximum atomic E-state index is 12.3. The molecule has 1 atom stereocenters. The van der Waals surface area contributed by atoms with Gasteiger partial charge in [0.2, 0.25) is 5.88 Å². The number of hydrogen-bond donors (Lipinski definition) is 2. The molecule has 0 saturated carbocycles. The lowest BCUT2D eigenvalue weighted by Crippen LogP contribution is -2.31. The van der Waals surface area contributed by atoms with Crippen molar-refractivity contribution in [1.82, 2.24) is 4.98 Å². The summed E-state index contributed by atoms with van der Waals surface area (Å²) in [5.74, 6) is -1.08. The lowest BCUT2D eigenvalue weighted by Gasteiger charge is -2.06. The third-order valence-electron chi connectivity index (χ3n) is 3.34. The Hall–Kier alpha value is -1.97. The van der Waals surface area contributed by atoms with Gasteiger partial charge in [0, 0.05) is 11.9 Å². The van der Waals surface area contributed by atoms with Gasteiger partial charge < -0.3 is 19.5 Å². The molecule has 1 unspecified atom stereocenters. The van der Waals surface area contributed by atoms with Crippen LogP contribution in [0.5, 0.6) is 5.88 Å². The van der Waals surface area contributed by atoms with Crippen LogP contribution in [-0.4, -0.2) is 48.1 Å². The van der Waals surface area contributed by atoms with Crippen molar-refractivity contribution in [2.24, 2.45) is 5.92 Å². The second-order valence-corrected chi connectivity index (χ2v) is 6.09. The fourth-order valence-electron chi connectivity index (χ4n) is 2.11. The highest BCUT2D eigenvalue weighted by Gasteiger charge is 2.23. The Morgan fingerprint density at radius 1 is 1.35 bits per heavy atom. The van der Waals surface area contributed by atoms with Crippen LogP contribution in [0, 0.1) is 5.92 Å². The van der Waals surface area contributed by atoms with Crippen LogP contribution in [0.2, 0.25) is 0 Å². The van der Waals surface area contributed by atoms with Crippen molar-refractivity contribution >= 4 is 45.9 Å². The molecular formula is C14H16BNO6S. The van der Waals surface area contributed by atoms with Gasteiger partial charge in [-0.25, -0.2) is 4.98 Å². The first-order valence-electron chi connectivity index (χ1n) is 6.83. The van der Waals surface area contributed by atoms with Crippen molar-refractivity contribution in [3.05, 3.63) is 17.0 Å². The summed E-state index contributed by atoms with van der Waals surface area (Å²) in [5, 5.41) is 18.7. The van der Waals surface area contributed by atoms with Gasteiger partial charge in [0.15, 0.2) is 5.78 Å². The summed E-state index contributed by atoms with van der Waals surface area (Å²) in [6.45, 7) is 1.62. The minimum atomic E-state index is -1.72. The van der Waals surface area contributed by atoms with Gasteiger partial charge in [-0.15, -0.1) is 11.3 Å². The molecular weight excluding hydrogens is 321 g/mol. The highest BCUT2D eigenvalue weighted by atomic mass is 32.1. The number of rotatable bonds is 6. The van der Waals surface area contributed by atoms with Crippen LogP contribution in [0.15, 0.2) is 12.1 Å². The maximum absolute atomic E-state index is 12.3. The zero-order valence-electron chi connectivity index (χ0n) is 12.9. The van der Waals surface area contributed by atoms with Crippen LogP contribution in [0.25, 0.3) is 10.2 Å². The van der Waals surface area contributed by atoms with E-state index in [0.717, 1.165) is 0 Å². The Balaban J connectivity index is 2.33.